The summed E-state index contributed by atoms with van der Waals surface area (Å²) >= 11 is 0. The van der Waals surface area contributed by atoms with Crippen LogP contribution in [-0.4, -0.2) is 50.4 Å². The second kappa shape index (κ2) is 13.0. The van der Waals surface area contributed by atoms with E-state index < -0.39 is 17.4 Å². The number of nitrogens with one attached hydrogen (secondary N) is 1. The Hall–Kier alpha value is -5.51. The Morgan fingerprint density at radius 1 is 0.956 bits per heavy atom. The first kappa shape index (κ1) is 29.6. The van der Waals surface area contributed by atoms with Gasteiger partial charge in [-0.2, -0.15) is 4.98 Å². The molecule has 0 fully saturated rings. The summed E-state index contributed by atoms with van der Waals surface area (Å²) in [6, 6.07) is 22.9. The van der Waals surface area contributed by atoms with Gasteiger partial charge in [0.25, 0.3) is 5.56 Å². The van der Waals surface area contributed by atoms with Gasteiger partial charge in [0.1, 0.15) is 17.1 Å². The largest absolute Gasteiger partial charge is 0.504 e. The van der Waals surface area contributed by atoms with Crippen molar-refractivity contribution >= 4 is 11.6 Å². The second-order valence-corrected chi connectivity index (χ2v) is 11.0. The minimum Gasteiger partial charge on any atom is -0.504 e. The molecule has 4 N–H and O–H groups in total. The molecule has 10 heteroatoms. The Morgan fingerprint density at radius 3 is 2.58 bits per heavy atom. The number of amides is 1. The Morgan fingerprint density at radius 2 is 1.76 bits per heavy atom. The number of benzene rings is 3. The molecule has 6 rings (SSSR count). The predicted molar refractivity (Wildman–Crippen MR) is 167 cm³/mol. The van der Waals surface area contributed by atoms with Gasteiger partial charge in [0, 0.05) is 37.9 Å². The van der Waals surface area contributed by atoms with Crippen LogP contribution in [0.2, 0.25) is 0 Å². The van der Waals surface area contributed by atoms with Gasteiger partial charge < -0.3 is 30.1 Å². The zero-order valence-corrected chi connectivity index (χ0v) is 24.5. The first-order valence-corrected chi connectivity index (χ1v) is 14.8. The summed E-state index contributed by atoms with van der Waals surface area (Å²) in [5.74, 6) is -0.410. The zero-order valence-electron chi connectivity index (χ0n) is 24.5. The highest BCUT2D eigenvalue weighted by Gasteiger charge is 2.26. The van der Waals surface area contributed by atoms with Crippen LogP contribution in [0.5, 0.6) is 28.9 Å². The van der Waals surface area contributed by atoms with E-state index in [1.165, 1.54) is 27.7 Å². The van der Waals surface area contributed by atoms with Gasteiger partial charge in [0.15, 0.2) is 11.5 Å². The van der Waals surface area contributed by atoms with Crippen molar-refractivity contribution in [3.8, 4) is 28.9 Å². The number of aromatic hydroxyl groups is 3. The highest BCUT2D eigenvalue weighted by molar-refractivity contribution is 5.77. The molecule has 3 heterocycles. The molecule has 1 unspecified atom stereocenters. The molecule has 230 valence electrons. The predicted octanol–water partition coefficient (Wildman–Crippen LogP) is 4.25. The zero-order chi connectivity index (χ0) is 31.3. The van der Waals surface area contributed by atoms with E-state index in [1.807, 2.05) is 12.1 Å². The number of phenols is 2. The lowest BCUT2D eigenvalue weighted by Gasteiger charge is -2.19. The van der Waals surface area contributed by atoms with Crippen LogP contribution in [0.25, 0.3) is 5.65 Å². The van der Waals surface area contributed by atoms with Crippen molar-refractivity contribution < 1.29 is 29.6 Å². The van der Waals surface area contributed by atoms with Crippen LogP contribution in [0.1, 0.15) is 40.2 Å². The molecule has 1 aliphatic heterocycles. The molecule has 0 saturated carbocycles. The van der Waals surface area contributed by atoms with E-state index in [1.54, 1.807) is 54.7 Å². The van der Waals surface area contributed by atoms with Gasteiger partial charge in [-0.3, -0.25) is 14.0 Å². The molecule has 0 aliphatic carbocycles. The van der Waals surface area contributed by atoms with Crippen molar-refractivity contribution in [2.75, 3.05) is 19.8 Å². The van der Waals surface area contributed by atoms with E-state index in [0.29, 0.717) is 30.0 Å². The maximum Gasteiger partial charge on any atom is 0.265 e. The van der Waals surface area contributed by atoms with Crippen LogP contribution < -0.4 is 20.3 Å². The number of hydrogen-bond acceptors (Lipinski definition) is 8. The number of rotatable bonds is 11. The number of aromatic nitrogens is 2. The molecule has 0 radical (unpaired) electrons. The fraction of sp³-hybridized carbons (Fsp3) is 0.229. The quantitative estimate of drug-likeness (QED) is 0.163. The molecule has 0 saturated heterocycles. The van der Waals surface area contributed by atoms with Gasteiger partial charge >= 0.3 is 0 Å². The third-order valence-corrected chi connectivity index (χ3v) is 7.96. The fourth-order valence-electron chi connectivity index (χ4n) is 5.59. The summed E-state index contributed by atoms with van der Waals surface area (Å²) in [6.45, 7) is 1.45. The summed E-state index contributed by atoms with van der Waals surface area (Å²) < 4.78 is 12.9. The molecule has 10 nitrogen and oxygen atoms in total. The third kappa shape index (κ3) is 6.70. The first-order chi connectivity index (χ1) is 21.9. The normalized spacial score (nSPS) is 12.8. The first-order valence-electron chi connectivity index (χ1n) is 14.8. The lowest BCUT2D eigenvalue weighted by molar-refractivity contribution is -0.121. The van der Waals surface area contributed by atoms with Gasteiger partial charge in [-0.1, -0.05) is 36.4 Å². The van der Waals surface area contributed by atoms with Crippen LogP contribution in [0.15, 0.2) is 89.9 Å². The van der Waals surface area contributed by atoms with Gasteiger partial charge in [-0.15, -0.1) is 0 Å². The molecule has 1 aliphatic rings. The molecule has 5 aromatic rings. The topological polar surface area (TPSA) is 143 Å². The molecular weight excluding hydrogens is 574 g/mol. The molecule has 1 amide bonds. The average Bonchev–Trinajstić information content (AvgIpc) is 3.51. The molecule has 2 aromatic heterocycles. The van der Waals surface area contributed by atoms with Gasteiger partial charge in [0.2, 0.25) is 11.8 Å². The Balaban J connectivity index is 1.18. The number of ether oxygens (including phenoxy) is 2. The van der Waals surface area contributed by atoms with Crippen LogP contribution in [0.4, 0.5) is 0 Å². The van der Waals surface area contributed by atoms with E-state index >= 15 is 0 Å². The van der Waals surface area contributed by atoms with Crippen molar-refractivity contribution in [2.24, 2.45) is 0 Å². The summed E-state index contributed by atoms with van der Waals surface area (Å²) in [5, 5.41) is 33.0. The van der Waals surface area contributed by atoms with Gasteiger partial charge in [0.05, 0.1) is 18.8 Å². The number of carbonyl (C=O) groups excluding carboxylic acids is 1. The van der Waals surface area contributed by atoms with E-state index in [4.69, 9.17) is 9.47 Å². The van der Waals surface area contributed by atoms with Crippen LogP contribution in [-0.2, 0) is 24.1 Å². The number of phenolic OH excluding ortho intramolecular Hbond substituents is 2. The van der Waals surface area contributed by atoms with E-state index in [9.17, 15) is 24.9 Å². The minimum atomic E-state index is -0.789. The van der Waals surface area contributed by atoms with E-state index in [-0.39, 0.29) is 35.9 Å². The number of hydrogen-bond donors (Lipinski definition) is 4. The summed E-state index contributed by atoms with van der Waals surface area (Å²) in [7, 11) is 0. The lowest BCUT2D eigenvalue weighted by Crippen LogP contribution is -2.30. The maximum absolute atomic E-state index is 13.6. The Kier molecular flexibility index (Phi) is 8.54. The fourth-order valence-corrected chi connectivity index (χ4v) is 5.59. The molecule has 0 bridgehead atoms. The van der Waals surface area contributed by atoms with Crippen LogP contribution >= 0.6 is 0 Å². The summed E-state index contributed by atoms with van der Waals surface area (Å²) in [5.41, 5.74) is 3.62. The lowest BCUT2D eigenvalue weighted by atomic mass is 9.89. The molecule has 45 heavy (non-hydrogen) atoms. The molecule has 3 aromatic carbocycles. The summed E-state index contributed by atoms with van der Waals surface area (Å²) in [4.78, 5) is 31.0. The highest BCUT2D eigenvalue weighted by Crippen LogP contribution is 2.32. The van der Waals surface area contributed by atoms with Crippen molar-refractivity contribution in [2.45, 2.75) is 31.6 Å². The summed E-state index contributed by atoms with van der Waals surface area (Å²) in [6.07, 6.45) is 3.52. The number of nitrogens with zero attached hydrogens (tertiary/aromatic N) is 2. The van der Waals surface area contributed by atoms with Gasteiger partial charge in [-0.25, -0.2) is 0 Å². The Labute approximate surface area is 259 Å². The monoisotopic (exact) mass is 607 g/mol. The molecule has 0 spiro atoms. The van der Waals surface area contributed by atoms with E-state index in [0.717, 1.165) is 30.8 Å². The van der Waals surface area contributed by atoms with Crippen LogP contribution in [0, 0.1) is 0 Å². The molecular formula is C35H33N3O7. The number of fused-ring (bicyclic) bond motifs is 2. The maximum atomic E-state index is 13.6. The standard InChI is InChI=1S/C35H33N3O7/c39-28-10-4-22(20-29(28)40)12-15-36-32(41)21-27(33-34(42)37-31-3-1-2-16-38(31)35(33)43)24-6-8-26(9-7-24)44-17-13-23-5-11-30-25(19-23)14-18-45-30/h1-11,16,19-20,27,39-40,42H,12-15,17-18,21H2,(H,36,41). The van der Waals surface area contributed by atoms with Crippen molar-refractivity contribution in [3.05, 3.63) is 123 Å². The highest BCUT2D eigenvalue weighted by atomic mass is 16.5. The number of pyridine rings is 1. The van der Waals surface area contributed by atoms with Gasteiger partial charge in [-0.05, 0) is 71.1 Å². The van der Waals surface area contributed by atoms with Crippen molar-refractivity contribution in [3.63, 3.8) is 0 Å². The van der Waals surface area contributed by atoms with Crippen molar-refractivity contribution in [1.29, 1.82) is 0 Å². The smallest absolute Gasteiger partial charge is 0.265 e. The SMILES string of the molecule is O=C(CC(c1ccc(OCCc2ccc3c(c2)CCO3)cc1)c1c(O)nc2ccccn2c1=O)NCCc1ccc(O)c(O)c1. The average molecular weight is 608 g/mol. The third-order valence-electron chi connectivity index (χ3n) is 7.96. The Bertz CT molecular complexity index is 1900. The number of carbonyl (C=O) groups is 1. The molecule has 1 atom stereocenters. The second-order valence-electron chi connectivity index (χ2n) is 11.0. The minimum absolute atomic E-state index is 0.0200. The van der Waals surface area contributed by atoms with Crippen LogP contribution in [0.3, 0.4) is 0 Å². The van der Waals surface area contributed by atoms with Crippen molar-refractivity contribution in [1.82, 2.24) is 14.7 Å². The van der Waals surface area contributed by atoms with E-state index in [2.05, 4.69) is 16.4 Å².